The average Bonchev–Trinajstić information content (AvgIpc) is 3.19. The lowest BCUT2D eigenvalue weighted by molar-refractivity contribution is -0.144. The monoisotopic (exact) mass is 250 g/mol. The van der Waals surface area contributed by atoms with E-state index in [0.29, 0.717) is 12.8 Å². The smallest absolute Gasteiger partial charge is 0.306 e. The molecule has 4 heteroatoms. The van der Waals surface area contributed by atoms with Crippen LogP contribution in [0.4, 0.5) is 0 Å². The minimum Gasteiger partial charge on any atom is -0.497 e. The zero-order valence-electron chi connectivity index (χ0n) is 10.8. The number of benzene rings is 1. The van der Waals surface area contributed by atoms with E-state index in [2.05, 4.69) is 0 Å². The van der Waals surface area contributed by atoms with Crippen molar-refractivity contribution in [2.75, 3.05) is 14.2 Å². The van der Waals surface area contributed by atoms with Crippen LogP contribution in [-0.4, -0.2) is 26.3 Å². The normalized spacial score (nSPS) is 14.1. The van der Waals surface area contributed by atoms with Crippen molar-refractivity contribution in [3.05, 3.63) is 23.8 Å². The Morgan fingerprint density at radius 2 is 2.06 bits per heavy atom. The Morgan fingerprint density at radius 1 is 1.28 bits per heavy atom. The summed E-state index contributed by atoms with van der Waals surface area (Å²) in [5, 5.41) is 0. The fourth-order valence-electron chi connectivity index (χ4n) is 1.74. The van der Waals surface area contributed by atoms with Gasteiger partial charge in [-0.25, -0.2) is 0 Å². The molecule has 1 aromatic rings. The standard InChI is InChI=1S/C14H18O4/c1-16-12-6-7-13(17-2)10(9-12)3-8-14(15)18-11-4-5-11/h6-7,9,11H,3-5,8H2,1-2H3. The SMILES string of the molecule is COc1ccc(OC)c(CCC(=O)OC2CC2)c1. The van der Waals surface area contributed by atoms with Gasteiger partial charge in [-0.2, -0.15) is 0 Å². The Balaban J connectivity index is 1.95. The van der Waals surface area contributed by atoms with Crippen LogP contribution in [0.15, 0.2) is 18.2 Å². The van der Waals surface area contributed by atoms with E-state index in [1.807, 2.05) is 18.2 Å². The van der Waals surface area contributed by atoms with Crippen molar-refractivity contribution in [1.82, 2.24) is 0 Å². The maximum Gasteiger partial charge on any atom is 0.306 e. The highest BCUT2D eigenvalue weighted by molar-refractivity contribution is 5.70. The first-order valence-electron chi connectivity index (χ1n) is 6.13. The molecule has 0 spiro atoms. The maximum atomic E-state index is 11.5. The molecule has 18 heavy (non-hydrogen) atoms. The molecule has 0 saturated heterocycles. The van der Waals surface area contributed by atoms with Crippen molar-refractivity contribution in [1.29, 1.82) is 0 Å². The van der Waals surface area contributed by atoms with E-state index in [9.17, 15) is 4.79 Å². The fraction of sp³-hybridized carbons (Fsp3) is 0.500. The molecule has 0 amide bonds. The molecule has 0 atom stereocenters. The van der Waals surface area contributed by atoms with Gasteiger partial charge in [0.1, 0.15) is 17.6 Å². The third kappa shape index (κ3) is 3.39. The van der Waals surface area contributed by atoms with Crippen molar-refractivity contribution in [2.45, 2.75) is 31.8 Å². The number of hydrogen-bond acceptors (Lipinski definition) is 4. The third-order valence-corrected chi connectivity index (χ3v) is 2.91. The van der Waals surface area contributed by atoms with E-state index in [-0.39, 0.29) is 12.1 Å². The highest BCUT2D eigenvalue weighted by Gasteiger charge is 2.25. The highest BCUT2D eigenvalue weighted by Crippen LogP contribution is 2.27. The quantitative estimate of drug-likeness (QED) is 0.727. The van der Waals surface area contributed by atoms with Gasteiger partial charge >= 0.3 is 5.97 Å². The van der Waals surface area contributed by atoms with E-state index >= 15 is 0 Å². The second-order valence-corrected chi connectivity index (χ2v) is 4.37. The third-order valence-electron chi connectivity index (χ3n) is 2.91. The second-order valence-electron chi connectivity index (χ2n) is 4.37. The fourth-order valence-corrected chi connectivity index (χ4v) is 1.74. The second kappa shape index (κ2) is 5.76. The Labute approximate surface area is 107 Å². The van der Waals surface area contributed by atoms with Gasteiger partial charge in [0.05, 0.1) is 14.2 Å². The van der Waals surface area contributed by atoms with Crippen molar-refractivity contribution in [3.8, 4) is 11.5 Å². The number of ether oxygens (including phenoxy) is 3. The summed E-state index contributed by atoms with van der Waals surface area (Å²) in [5.74, 6) is 1.40. The summed E-state index contributed by atoms with van der Waals surface area (Å²) in [4.78, 5) is 11.5. The number of aryl methyl sites for hydroxylation is 1. The topological polar surface area (TPSA) is 44.8 Å². The van der Waals surface area contributed by atoms with Crippen LogP contribution in [0.1, 0.15) is 24.8 Å². The van der Waals surface area contributed by atoms with Gasteiger partial charge in [-0.3, -0.25) is 4.79 Å². The minimum absolute atomic E-state index is 0.137. The van der Waals surface area contributed by atoms with Gasteiger partial charge in [-0.1, -0.05) is 0 Å². The molecule has 4 nitrogen and oxygen atoms in total. The van der Waals surface area contributed by atoms with Crippen LogP contribution in [0, 0.1) is 0 Å². The molecule has 1 aliphatic carbocycles. The zero-order chi connectivity index (χ0) is 13.0. The Bertz CT molecular complexity index is 424. The van der Waals surface area contributed by atoms with Crippen LogP contribution < -0.4 is 9.47 Å². The molecule has 1 aromatic carbocycles. The lowest BCUT2D eigenvalue weighted by atomic mass is 10.1. The first-order chi connectivity index (χ1) is 8.72. The molecule has 98 valence electrons. The lowest BCUT2D eigenvalue weighted by Crippen LogP contribution is -2.07. The molecular formula is C14H18O4. The first kappa shape index (κ1) is 12.7. The molecular weight excluding hydrogens is 232 g/mol. The van der Waals surface area contributed by atoms with E-state index in [4.69, 9.17) is 14.2 Å². The van der Waals surface area contributed by atoms with Crippen LogP contribution in [0.5, 0.6) is 11.5 Å². The Morgan fingerprint density at radius 3 is 2.67 bits per heavy atom. The van der Waals surface area contributed by atoms with Crippen LogP contribution >= 0.6 is 0 Å². The van der Waals surface area contributed by atoms with Crippen molar-refractivity contribution < 1.29 is 19.0 Å². The van der Waals surface area contributed by atoms with E-state index in [1.54, 1.807) is 14.2 Å². The summed E-state index contributed by atoms with van der Waals surface area (Å²) >= 11 is 0. The number of rotatable bonds is 6. The molecule has 0 N–H and O–H groups in total. The average molecular weight is 250 g/mol. The van der Waals surface area contributed by atoms with Crippen molar-refractivity contribution >= 4 is 5.97 Å². The summed E-state index contributed by atoms with van der Waals surface area (Å²) in [6.07, 6.45) is 3.17. The summed E-state index contributed by atoms with van der Waals surface area (Å²) in [7, 11) is 3.24. The van der Waals surface area contributed by atoms with Gasteiger partial charge < -0.3 is 14.2 Å². The number of carbonyl (C=O) groups is 1. The molecule has 0 unspecified atom stereocenters. The summed E-state index contributed by atoms with van der Waals surface area (Å²) in [5.41, 5.74) is 0.963. The summed E-state index contributed by atoms with van der Waals surface area (Å²) in [6, 6.07) is 5.58. The number of methoxy groups -OCH3 is 2. The molecule has 0 bridgehead atoms. The van der Waals surface area contributed by atoms with Gasteiger partial charge in [0.15, 0.2) is 0 Å². The minimum atomic E-state index is -0.137. The number of carbonyl (C=O) groups excluding carboxylic acids is 1. The molecule has 1 aliphatic rings. The number of hydrogen-bond donors (Lipinski definition) is 0. The predicted octanol–water partition coefficient (Wildman–Crippen LogP) is 2.34. The molecule has 0 radical (unpaired) electrons. The van der Waals surface area contributed by atoms with Crippen molar-refractivity contribution in [2.24, 2.45) is 0 Å². The zero-order valence-corrected chi connectivity index (χ0v) is 10.8. The largest absolute Gasteiger partial charge is 0.497 e. The van der Waals surface area contributed by atoms with Crippen LogP contribution in [0.25, 0.3) is 0 Å². The Hall–Kier alpha value is -1.71. The van der Waals surface area contributed by atoms with E-state index < -0.39 is 0 Å². The number of esters is 1. The Kier molecular flexibility index (Phi) is 4.07. The van der Waals surface area contributed by atoms with Gasteiger partial charge in [0, 0.05) is 6.42 Å². The van der Waals surface area contributed by atoms with E-state index in [0.717, 1.165) is 29.9 Å². The van der Waals surface area contributed by atoms with Crippen molar-refractivity contribution in [3.63, 3.8) is 0 Å². The lowest BCUT2D eigenvalue weighted by Gasteiger charge is -2.10. The van der Waals surface area contributed by atoms with E-state index in [1.165, 1.54) is 0 Å². The van der Waals surface area contributed by atoms with Gasteiger partial charge in [-0.15, -0.1) is 0 Å². The molecule has 0 aliphatic heterocycles. The molecule has 1 saturated carbocycles. The van der Waals surface area contributed by atoms with Gasteiger partial charge in [-0.05, 0) is 43.0 Å². The predicted molar refractivity (Wildman–Crippen MR) is 67.0 cm³/mol. The summed E-state index contributed by atoms with van der Waals surface area (Å²) in [6.45, 7) is 0. The highest BCUT2D eigenvalue weighted by atomic mass is 16.5. The van der Waals surface area contributed by atoms with Gasteiger partial charge in [0.25, 0.3) is 0 Å². The first-order valence-corrected chi connectivity index (χ1v) is 6.13. The maximum absolute atomic E-state index is 11.5. The van der Waals surface area contributed by atoms with Crippen LogP contribution in [0.2, 0.25) is 0 Å². The van der Waals surface area contributed by atoms with Crippen LogP contribution in [-0.2, 0) is 16.0 Å². The van der Waals surface area contributed by atoms with Gasteiger partial charge in [0.2, 0.25) is 0 Å². The molecule has 2 rings (SSSR count). The molecule has 0 heterocycles. The summed E-state index contributed by atoms with van der Waals surface area (Å²) < 4.78 is 15.6. The molecule has 1 fully saturated rings. The van der Waals surface area contributed by atoms with Crippen LogP contribution in [0.3, 0.4) is 0 Å². The molecule has 0 aromatic heterocycles.